The summed E-state index contributed by atoms with van der Waals surface area (Å²) in [6.45, 7) is 2.42. The molecule has 1 atom stereocenters. The molecule has 138 valence electrons. The first-order valence-corrected chi connectivity index (χ1v) is 9.15. The Bertz CT molecular complexity index is 969. The van der Waals surface area contributed by atoms with Gasteiger partial charge in [-0.2, -0.15) is 5.10 Å². The number of nitrogens with one attached hydrogen (secondary N) is 1. The van der Waals surface area contributed by atoms with Crippen LogP contribution in [0.5, 0.6) is 0 Å². The zero-order chi connectivity index (χ0) is 19.2. The van der Waals surface area contributed by atoms with E-state index in [1.165, 1.54) is 16.8 Å². The molecule has 0 saturated carbocycles. The first-order chi connectivity index (χ1) is 13.1. The Morgan fingerprint density at radius 3 is 2.37 bits per heavy atom. The monoisotopic (exact) mass is 381 g/mol. The lowest BCUT2D eigenvalue weighted by molar-refractivity contribution is 0.0935. The van der Waals surface area contributed by atoms with E-state index in [9.17, 15) is 9.59 Å². The van der Waals surface area contributed by atoms with Crippen molar-refractivity contribution in [1.29, 1.82) is 0 Å². The molecular formula is C21H20ClN3O2. The van der Waals surface area contributed by atoms with Crippen molar-refractivity contribution in [1.82, 2.24) is 15.1 Å². The van der Waals surface area contributed by atoms with Crippen LogP contribution < -0.4 is 10.9 Å². The average molecular weight is 382 g/mol. The molecule has 1 heterocycles. The van der Waals surface area contributed by atoms with Gasteiger partial charge in [-0.1, -0.05) is 61.0 Å². The van der Waals surface area contributed by atoms with E-state index in [2.05, 4.69) is 10.4 Å². The Morgan fingerprint density at radius 1 is 1.04 bits per heavy atom. The standard InChI is InChI=1S/C21H20ClN3O2/c1-2-14-25-19(26)13-12-18(24-25)21(27)23-20(15-6-4-3-5-7-15)16-8-10-17(22)11-9-16/h3-13,20H,2,14H2,1H3,(H,23,27). The van der Waals surface area contributed by atoms with E-state index in [1.807, 2.05) is 49.4 Å². The first kappa shape index (κ1) is 18.9. The highest BCUT2D eigenvalue weighted by Crippen LogP contribution is 2.23. The van der Waals surface area contributed by atoms with Crippen molar-refractivity contribution < 1.29 is 4.79 Å². The van der Waals surface area contributed by atoms with Crippen molar-refractivity contribution in [2.24, 2.45) is 0 Å². The molecule has 0 aliphatic carbocycles. The van der Waals surface area contributed by atoms with Gasteiger partial charge in [-0.15, -0.1) is 0 Å². The number of rotatable bonds is 6. The van der Waals surface area contributed by atoms with Crippen LogP contribution in [-0.4, -0.2) is 15.7 Å². The van der Waals surface area contributed by atoms with Crippen LogP contribution in [0.2, 0.25) is 5.02 Å². The number of aryl methyl sites for hydroxylation is 1. The second-order valence-corrected chi connectivity index (χ2v) is 6.59. The summed E-state index contributed by atoms with van der Waals surface area (Å²) in [5.74, 6) is -0.344. The molecule has 3 aromatic rings. The number of benzene rings is 2. The van der Waals surface area contributed by atoms with E-state index in [0.717, 1.165) is 17.5 Å². The highest BCUT2D eigenvalue weighted by Gasteiger charge is 2.19. The van der Waals surface area contributed by atoms with Gasteiger partial charge in [-0.05, 0) is 35.7 Å². The molecular weight excluding hydrogens is 362 g/mol. The minimum atomic E-state index is -0.357. The number of hydrogen-bond acceptors (Lipinski definition) is 3. The van der Waals surface area contributed by atoms with Crippen LogP contribution in [0.15, 0.2) is 71.5 Å². The van der Waals surface area contributed by atoms with E-state index in [-0.39, 0.29) is 23.2 Å². The number of nitrogens with zero attached hydrogens (tertiary/aromatic N) is 2. The Balaban J connectivity index is 1.92. The molecule has 0 aliphatic heterocycles. The van der Waals surface area contributed by atoms with Crippen LogP contribution in [0, 0.1) is 0 Å². The molecule has 5 nitrogen and oxygen atoms in total. The third kappa shape index (κ3) is 4.63. The zero-order valence-electron chi connectivity index (χ0n) is 14.9. The molecule has 3 rings (SSSR count). The van der Waals surface area contributed by atoms with Gasteiger partial charge in [0.05, 0.1) is 6.04 Å². The van der Waals surface area contributed by atoms with Gasteiger partial charge in [0.25, 0.3) is 11.5 Å². The van der Waals surface area contributed by atoms with Crippen molar-refractivity contribution in [3.8, 4) is 0 Å². The molecule has 0 bridgehead atoms. The number of carbonyl (C=O) groups excluding carboxylic acids is 1. The highest BCUT2D eigenvalue weighted by molar-refractivity contribution is 6.30. The molecule has 6 heteroatoms. The van der Waals surface area contributed by atoms with E-state index in [4.69, 9.17) is 11.6 Å². The number of carbonyl (C=O) groups is 1. The fourth-order valence-corrected chi connectivity index (χ4v) is 2.93. The predicted molar refractivity (Wildman–Crippen MR) is 106 cm³/mol. The summed E-state index contributed by atoms with van der Waals surface area (Å²) in [5, 5.41) is 7.83. The molecule has 1 amide bonds. The molecule has 0 spiro atoms. The molecule has 0 saturated heterocycles. The van der Waals surface area contributed by atoms with Gasteiger partial charge >= 0.3 is 0 Å². The molecule has 1 N–H and O–H groups in total. The Kier molecular flexibility index (Phi) is 6.04. The Morgan fingerprint density at radius 2 is 1.70 bits per heavy atom. The van der Waals surface area contributed by atoms with Crippen LogP contribution >= 0.6 is 11.6 Å². The predicted octanol–water partition coefficient (Wildman–Crippen LogP) is 3.83. The fourth-order valence-electron chi connectivity index (χ4n) is 2.81. The second-order valence-electron chi connectivity index (χ2n) is 6.15. The fraction of sp³-hybridized carbons (Fsp3) is 0.190. The van der Waals surface area contributed by atoms with Crippen molar-refractivity contribution in [2.45, 2.75) is 25.9 Å². The number of aromatic nitrogens is 2. The maximum Gasteiger partial charge on any atom is 0.272 e. The molecule has 0 aliphatic rings. The van der Waals surface area contributed by atoms with Crippen LogP contribution in [0.4, 0.5) is 0 Å². The summed E-state index contributed by atoms with van der Waals surface area (Å²) in [6, 6.07) is 19.5. The lowest BCUT2D eigenvalue weighted by Crippen LogP contribution is -2.32. The minimum Gasteiger partial charge on any atom is -0.340 e. The Hall–Kier alpha value is -2.92. The number of halogens is 1. The van der Waals surface area contributed by atoms with Gasteiger partial charge in [0.1, 0.15) is 5.69 Å². The maximum atomic E-state index is 12.8. The second kappa shape index (κ2) is 8.64. The lowest BCUT2D eigenvalue weighted by atomic mass is 9.98. The van der Waals surface area contributed by atoms with Gasteiger partial charge in [0, 0.05) is 17.6 Å². The van der Waals surface area contributed by atoms with E-state index < -0.39 is 0 Å². The topological polar surface area (TPSA) is 64.0 Å². The third-order valence-electron chi connectivity index (χ3n) is 4.15. The smallest absolute Gasteiger partial charge is 0.272 e. The highest BCUT2D eigenvalue weighted by atomic mass is 35.5. The molecule has 0 fully saturated rings. The van der Waals surface area contributed by atoms with Crippen LogP contribution in [0.25, 0.3) is 0 Å². The van der Waals surface area contributed by atoms with Gasteiger partial charge in [0.15, 0.2) is 0 Å². The summed E-state index contributed by atoms with van der Waals surface area (Å²) in [4.78, 5) is 24.7. The largest absolute Gasteiger partial charge is 0.340 e. The number of amides is 1. The summed E-state index contributed by atoms with van der Waals surface area (Å²) in [6.07, 6.45) is 0.759. The normalized spacial score (nSPS) is 11.8. The molecule has 1 aromatic heterocycles. The summed E-state index contributed by atoms with van der Waals surface area (Å²) >= 11 is 6.00. The SMILES string of the molecule is CCCn1nc(C(=O)NC(c2ccccc2)c2ccc(Cl)cc2)ccc1=O. The van der Waals surface area contributed by atoms with E-state index >= 15 is 0 Å². The van der Waals surface area contributed by atoms with Crippen molar-refractivity contribution in [3.05, 3.63) is 98.9 Å². The summed E-state index contributed by atoms with van der Waals surface area (Å²) in [7, 11) is 0. The lowest BCUT2D eigenvalue weighted by Gasteiger charge is -2.20. The maximum absolute atomic E-state index is 12.8. The molecule has 0 radical (unpaired) electrons. The van der Waals surface area contributed by atoms with Gasteiger partial charge in [-0.25, -0.2) is 4.68 Å². The quantitative estimate of drug-likeness (QED) is 0.705. The molecule has 2 aromatic carbocycles. The van der Waals surface area contributed by atoms with Crippen molar-refractivity contribution >= 4 is 17.5 Å². The molecule has 27 heavy (non-hydrogen) atoms. The van der Waals surface area contributed by atoms with Crippen LogP contribution in [0.3, 0.4) is 0 Å². The summed E-state index contributed by atoms with van der Waals surface area (Å²) < 4.78 is 1.31. The van der Waals surface area contributed by atoms with Crippen molar-refractivity contribution in [3.63, 3.8) is 0 Å². The van der Waals surface area contributed by atoms with E-state index in [1.54, 1.807) is 12.1 Å². The van der Waals surface area contributed by atoms with E-state index in [0.29, 0.717) is 11.6 Å². The average Bonchev–Trinajstić information content (AvgIpc) is 2.69. The number of hydrogen-bond donors (Lipinski definition) is 1. The first-order valence-electron chi connectivity index (χ1n) is 8.78. The van der Waals surface area contributed by atoms with Crippen LogP contribution in [0.1, 0.15) is 41.0 Å². The van der Waals surface area contributed by atoms with Crippen molar-refractivity contribution in [2.75, 3.05) is 0 Å². The third-order valence-corrected chi connectivity index (χ3v) is 4.40. The van der Waals surface area contributed by atoms with Gasteiger partial charge < -0.3 is 5.32 Å². The summed E-state index contributed by atoms with van der Waals surface area (Å²) in [5.41, 5.74) is 1.83. The van der Waals surface area contributed by atoms with Gasteiger partial charge in [0.2, 0.25) is 0 Å². The minimum absolute atomic E-state index is 0.206. The van der Waals surface area contributed by atoms with Gasteiger partial charge in [-0.3, -0.25) is 9.59 Å². The molecule has 1 unspecified atom stereocenters. The Labute approximate surface area is 162 Å². The van der Waals surface area contributed by atoms with Crippen LogP contribution in [-0.2, 0) is 6.54 Å². The zero-order valence-corrected chi connectivity index (χ0v) is 15.7.